The molecule has 0 spiro atoms. The molecule has 0 saturated heterocycles. The lowest BCUT2D eigenvalue weighted by Crippen LogP contribution is -2.17. The van der Waals surface area contributed by atoms with Gasteiger partial charge in [-0.15, -0.1) is 0 Å². The Kier molecular flexibility index (Phi) is 3.01. The fourth-order valence-electron chi connectivity index (χ4n) is 0.860. The molecule has 0 aliphatic heterocycles. The second-order valence-electron chi connectivity index (χ2n) is 2.32. The Bertz CT molecular complexity index is 201. The van der Waals surface area contributed by atoms with Gasteiger partial charge in [0.05, 0.1) is 18.3 Å². The maximum absolute atomic E-state index is 5.72. The summed E-state index contributed by atoms with van der Waals surface area (Å²) in [6.07, 6.45) is 1.73. The summed E-state index contributed by atoms with van der Waals surface area (Å²) in [5, 5.41) is 0. The molecule has 3 nitrogen and oxygen atoms in total. The van der Waals surface area contributed by atoms with Crippen LogP contribution in [0.4, 0.5) is 0 Å². The van der Waals surface area contributed by atoms with Gasteiger partial charge in [0.25, 0.3) is 0 Å². The van der Waals surface area contributed by atoms with E-state index in [4.69, 9.17) is 10.5 Å². The van der Waals surface area contributed by atoms with Crippen LogP contribution in [0.5, 0.6) is 0 Å². The molecule has 1 aromatic rings. The number of rotatable bonds is 3. The number of nitrogens with zero attached hydrogens (tertiary/aromatic N) is 1. The van der Waals surface area contributed by atoms with Crippen molar-refractivity contribution in [2.24, 2.45) is 5.73 Å². The summed E-state index contributed by atoms with van der Waals surface area (Å²) in [6.45, 7) is 0.511. The predicted octanol–water partition coefficient (Wildman–Crippen LogP) is 0.728. The van der Waals surface area contributed by atoms with Crippen LogP contribution in [0.3, 0.4) is 0 Å². The molecule has 1 aromatic heterocycles. The number of aromatic nitrogens is 1. The van der Waals surface area contributed by atoms with E-state index in [1.165, 1.54) is 0 Å². The Morgan fingerprint density at radius 2 is 2.45 bits per heavy atom. The smallest absolute Gasteiger partial charge is 0.0707 e. The molecule has 0 aliphatic rings. The van der Waals surface area contributed by atoms with Gasteiger partial charge in [-0.1, -0.05) is 6.07 Å². The van der Waals surface area contributed by atoms with Gasteiger partial charge in [0, 0.05) is 13.3 Å². The third-order valence-corrected chi connectivity index (χ3v) is 1.41. The first-order valence-corrected chi connectivity index (χ1v) is 3.50. The molecule has 0 aliphatic carbocycles. The molecule has 0 amide bonds. The van der Waals surface area contributed by atoms with Crippen molar-refractivity contribution >= 4 is 0 Å². The van der Waals surface area contributed by atoms with E-state index >= 15 is 0 Å². The molecule has 0 radical (unpaired) electrons. The van der Waals surface area contributed by atoms with E-state index in [2.05, 4.69) is 4.98 Å². The Morgan fingerprint density at radius 1 is 1.64 bits per heavy atom. The number of methoxy groups -OCH3 is 1. The van der Waals surface area contributed by atoms with Gasteiger partial charge in [-0.2, -0.15) is 0 Å². The van der Waals surface area contributed by atoms with E-state index in [0.717, 1.165) is 5.69 Å². The number of hydrogen-bond acceptors (Lipinski definition) is 3. The Hall–Kier alpha value is -0.930. The Balaban J connectivity index is 2.61. The predicted molar refractivity (Wildman–Crippen MR) is 43.0 cm³/mol. The fourth-order valence-corrected chi connectivity index (χ4v) is 0.860. The third-order valence-electron chi connectivity index (χ3n) is 1.41. The molecule has 0 bridgehead atoms. The van der Waals surface area contributed by atoms with Crippen LogP contribution in [0.1, 0.15) is 11.7 Å². The van der Waals surface area contributed by atoms with Gasteiger partial charge in [-0.3, -0.25) is 4.98 Å². The van der Waals surface area contributed by atoms with Crippen molar-refractivity contribution in [1.29, 1.82) is 0 Å². The summed E-state index contributed by atoms with van der Waals surface area (Å²) >= 11 is 0. The highest BCUT2D eigenvalue weighted by Crippen LogP contribution is 2.04. The normalized spacial score (nSPS) is 12.9. The first-order chi connectivity index (χ1) is 5.34. The maximum atomic E-state index is 5.72. The van der Waals surface area contributed by atoms with Crippen LogP contribution in [-0.4, -0.2) is 18.7 Å². The van der Waals surface area contributed by atoms with E-state index in [9.17, 15) is 0 Å². The Labute approximate surface area is 66.2 Å². The zero-order valence-corrected chi connectivity index (χ0v) is 6.53. The molecule has 60 valence electrons. The Morgan fingerprint density at radius 3 is 3.00 bits per heavy atom. The van der Waals surface area contributed by atoms with E-state index in [1.807, 2.05) is 18.2 Å². The standard InChI is InChI=1S/C8H12N2O/c1-11-6-7(9)8-4-2-3-5-10-8/h2-5,7H,6,9H2,1H3/t7-/m0/s1. The van der Waals surface area contributed by atoms with E-state index < -0.39 is 0 Å². The highest BCUT2D eigenvalue weighted by Gasteiger charge is 2.04. The summed E-state index contributed by atoms with van der Waals surface area (Å²) in [7, 11) is 1.63. The topological polar surface area (TPSA) is 48.1 Å². The molecule has 2 N–H and O–H groups in total. The number of hydrogen-bond donors (Lipinski definition) is 1. The molecule has 0 fully saturated rings. The van der Waals surface area contributed by atoms with Crippen molar-refractivity contribution in [3.8, 4) is 0 Å². The van der Waals surface area contributed by atoms with Crippen molar-refractivity contribution in [3.05, 3.63) is 30.1 Å². The zero-order valence-electron chi connectivity index (χ0n) is 6.53. The van der Waals surface area contributed by atoms with Crippen LogP contribution in [0.2, 0.25) is 0 Å². The molecule has 0 saturated carbocycles. The van der Waals surface area contributed by atoms with Crippen LogP contribution in [-0.2, 0) is 4.74 Å². The van der Waals surface area contributed by atoms with E-state index in [1.54, 1.807) is 13.3 Å². The number of pyridine rings is 1. The fraction of sp³-hybridized carbons (Fsp3) is 0.375. The van der Waals surface area contributed by atoms with Gasteiger partial charge in [0.1, 0.15) is 0 Å². The zero-order chi connectivity index (χ0) is 8.10. The van der Waals surface area contributed by atoms with Crippen LogP contribution < -0.4 is 5.73 Å². The van der Waals surface area contributed by atoms with Gasteiger partial charge in [0.2, 0.25) is 0 Å². The van der Waals surface area contributed by atoms with Crippen LogP contribution in [0.25, 0.3) is 0 Å². The second-order valence-corrected chi connectivity index (χ2v) is 2.32. The third kappa shape index (κ3) is 2.29. The monoisotopic (exact) mass is 152 g/mol. The van der Waals surface area contributed by atoms with Crippen molar-refractivity contribution < 1.29 is 4.74 Å². The summed E-state index contributed by atoms with van der Waals surface area (Å²) in [5.74, 6) is 0. The number of nitrogens with two attached hydrogens (primary N) is 1. The largest absolute Gasteiger partial charge is 0.383 e. The summed E-state index contributed by atoms with van der Waals surface area (Å²) in [4.78, 5) is 4.09. The van der Waals surface area contributed by atoms with E-state index in [-0.39, 0.29) is 6.04 Å². The van der Waals surface area contributed by atoms with Gasteiger partial charge in [-0.05, 0) is 12.1 Å². The second kappa shape index (κ2) is 4.05. The minimum atomic E-state index is -0.110. The molecule has 11 heavy (non-hydrogen) atoms. The minimum Gasteiger partial charge on any atom is -0.383 e. The molecule has 0 aromatic carbocycles. The van der Waals surface area contributed by atoms with Crippen LogP contribution in [0, 0.1) is 0 Å². The quantitative estimate of drug-likeness (QED) is 0.694. The molecule has 1 heterocycles. The van der Waals surface area contributed by atoms with Crippen molar-refractivity contribution in [2.75, 3.05) is 13.7 Å². The molecule has 1 atom stereocenters. The average molecular weight is 152 g/mol. The van der Waals surface area contributed by atoms with Crippen LogP contribution in [0.15, 0.2) is 24.4 Å². The maximum Gasteiger partial charge on any atom is 0.0707 e. The molecular formula is C8H12N2O. The van der Waals surface area contributed by atoms with Crippen molar-refractivity contribution in [2.45, 2.75) is 6.04 Å². The molecule has 1 rings (SSSR count). The SMILES string of the molecule is COC[C@H](N)c1ccccn1. The van der Waals surface area contributed by atoms with Crippen molar-refractivity contribution in [3.63, 3.8) is 0 Å². The summed E-state index contributed by atoms with van der Waals surface area (Å²) < 4.78 is 4.89. The van der Waals surface area contributed by atoms with Gasteiger partial charge < -0.3 is 10.5 Å². The lowest BCUT2D eigenvalue weighted by atomic mass is 10.2. The van der Waals surface area contributed by atoms with Crippen LogP contribution >= 0.6 is 0 Å². The lowest BCUT2D eigenvalue weighted by molar-refractivity contribution is 0.179. The van der Waals surface area contributed by atoms with Gasteiger partial charge in [0.15, 0.2) is 0 Å². The van der Waals surface area contributed by atoms with Gasteiger partial charge in [-0.25, -0.2) is 0 Å². The molecule has 3 heteroatoms. The van der Waals surface area contributed by atoms with E-state index in [0.29, 0.717) is 6.61 Å². The summed E-state index contributed by atoms with van der Waals surface area (Å²) in [6, 6.07) is 5.56. The average Bonchev–Trinajstić information content (AvgIpc) is 2.07. The summed E-state index contributed by atoms with van der Waals surface area (Å²) in [5.41, 5.74) is 6.59. The van der Waals surface area contributed by atoms with Crippen molar-refractivity contribution in [1.82, 2.24) is 4.98 Å². The molecule has 0 unspecified atom stereocenters. The lowest BCUT2D eigenvalue weighted by Gasteiger charge is -2.08. The number of ether oxygens (including phenoxy) is 1. The highest BCUT2D eigenvalue weighted by atomic mass is 16.5. The van der Waals surface area contributed by atoms with Gasteiger partial charge >= 0.3 is 0 Å². The molecular weight excluding hydrogens is 140 g/mol. The minimum absolute atomic E-state index is 0.110. The first-order valence-electron chi connectivity index (χ1n) is 3.50. The first kappa shape index (κ1) is 8.17. The highest BCUT2D eigenvalue weighted by molar-refractivity contribution is 5.07.